The molecule has 4 atom stereocenters. The van der Waals surface area contributed by atoms with Crippen molar-refractivity contribution in [2.45, 2.75) is 45.1 Å². The fourth-order valence-corrected chi connectivity index (χ4v) is 4.51. The highest BCUT2D eigenvalue weighted by Crippen LogP contribution is 2.57. The third kappa shape index (κ3) is 3.09. The van der Waals surface area contributed by atoms with Crippen LogP contribution in [0.15, 0.2) is 24.3 Å². The summed E-state index contributed by atoms with van der Waals surface area (Å²) in [5.41, 5.74) is 0.612. The lowest BCUT2D eigenvalue weighted by Gasteiger charge is -2.37. The van der Waals surface area contributed by atoms with Crippen molar-refractivity contribution in [1.29, 1.82) is 0 Å². The third-order valence-electron chi connectivity index (χ3n) is 5.58. The number of amides is 1. The summed E-state index contributed by atoms with van der Waals surface area (Å²) in [6.45, 7) is 1.52. The van der Waals surface area contributed by atoms with E-state index in [-0.39, 0.29) is 5.91 Å². The van der Waals surface area contributed by atoms with Crippen LogP contribution in [0.1, 0.15) is 38.2 Å². The number of carboxylic acids is 1. The van der Waals surface area contributed by atoms with Crippen LogP contribution < -0.4 is 5.32 Å². The van der Waals surface area contributed by atoms with E-state index in [9.17, 15) is 9.59 Å². The van der Waals surface area contributed by atoms with Gasteiger partial charge in [0.05, 0.1) is 5.41 Å². The second-order valence-corrected chi connectivity index (χ2v) is 7.51. The number of carbonyl (C=O) groups is 2. The zero-order valence-corrected chi connectivity index (χ0v) is 14.0. The van der Waals surface area contributed by atoms with Crippen molar-refractivity contribution in [3.05, 3.63) is 34.9 Å². The maximum absolute atomic E-state index is 12.9. The third-order valence-corrected chi connectivity index (χ3v) is 5.83. The first-order valence-electron chi connectivity index (χ1n) is 8.19. The molecule has 0 heterocycles. The van der Waals surface area contributed by atoms with Gasteiger partial charge in [-0.25, -0.2) is 0 Å². The van der Waals surface area contributed by atoms with E-state index in [1.54, 1.807) is 0 Å². The highest BCUT2D eigenvalue weighted by atomic mass is 35.5. The molecule has 3 rings (SSSR count). The van der Waals surface area contributed by atoms with E-state index in [4.69, 9.17) is 16.7 Å². The maximum atomic E-state index is 12.9. The van der Waals surface area contributed by atoms with Gasteiger partial charge in [-0.15, -0.1) is 0 Å². The summed E-state index contributed by atoms with van der Waals surface area (Å²) in [4.78, 5) is 24.0. The number of hydrogen-bond donors (Lipinski definition) is 2. The van der Waals surface area contributed by atoms with Crippen LogP contribution in [0, 0.1) is 17.3 Å². The van der Waals surface area contributed by atoms with Crippen molar-refractivity contribution in [1.82, 2.24) is 5.32 Å². The van der Waals surface area contributed by atoms with Crippen molar-refractivity contribution in [2.24, 2.45) is 17.3 Å². The summed E-state index contributed by atoms with van der Waals surface area (Å²) in [7, 11) is 0. The van der Waals surface area contributed by atoms with Crippen LogP contribution >= 0.6 is 11.6 Å². The van der Waals surface area contributed by atoms with E-state index >= 15 is 0 Å². The highest BCUT2D eigenvalue weighted by Gasteiger charge is 2.55. The molecule has 0 spiro atoms. The van der Waals surface area contributed by atoms with Gasteiger partial charge in [0.1, 0.15) is 6.04 Å². The number of aliphatic carboxylic acids is 1. The first-order valence-corrected chi connectivity index (χ1v) is 8.57. The summed E-state index contributed by atoms with van der Waals surface area (Å²) in [6, 6.07) is 6.75. The minimum atomic E-state index is -0.997. The van der Waals surface area contributed by atoms with E-state index < -0.39 is 17.4 Å². The lowest BCUT2D eigenvalue weighted by molar-refractivity contribution is -0.144. The molecule has 1 aromatic carbocycles. The van der Waals surface area contributed by atoms with E-state index in [2.05, 4.69) is 5.32 Å². The molecule has 2 aliphatic rings. The second-order valence-electron chi connectivity index (χ2n) is 7.07. The molecule has 23 heavy (non-hydrogen) atoms. The topological polar surface area (TPSA) is 66.4 Å². The van der Waals surface area contributed by atoms with Gasteiger partial charge in [0, 0.05) is 5.02 Å². The van der Waals surface area contributed by atoms with Gasteiger partial charge >= 0.3 is 5.97 Å². The molecule has 2 saturated carbocycles. The molecule has 2 N–H and O–H groups in total. The zero-order chi connectivity index (χ0) is 16.6. The lowest BCUT2D eigenvalue weighted by atomic mass is 9.68. The number of benzene rings is 1. The standard InChI is InChI=1S/C18H22ClNO3/c1-11(16(21)22)20-17(23)18(10-13-2-5-14(18)8-13)9-12-3-6-15(19)7-4-12/h3-4,6-7,11,13-14H,2,5,8-10H2,1H3,(H,20,23)(H,21,22)/t11-,13?,14?,18?/m1/s1. The quantitative estimate of drug-likeness (QED) is 0.867. The van der Waals surface area contributed by atoms with Crippen molar-refractivity contribution < 1.29 is 14.7 Å². The van der Waals surface area contributed by atoms with Crippen LogP contribution in [0.4, 0.5) is 0 Å². The summed E-state index contributed by atoms with van der Waals surface area (Å²) < 4.78 is 0. The van der Waals surface area contributed by atoms with Gasteiger partial charge in [0.2, 0.25) is 5.91 Å². The van der Waals surface area contributed by atoms with Gasteiger partial charge in [-0.05, 0) is 62.1 Å². The highest BCUT2D eigenvalue weighted by molar-refractivity contribution is 6.30. The molecule has 0 aliphatic heterocycles. The first kappa shape index (κ1) is 16.3. The van der Waals surface area contributed by atoms with Crippen molar-refractivity contribution in [2.75, 3.05) is 0 Å². The number of hydrogen-bond acceptors (Lipinski definition) is 2. The van der Waals surface area contributed by atoms with E-state index in [1.807, 2.05) is 24.3 Å². The number of nitrogens with one attached hydrogen (secondary N) is 1. The Morgan fingerprint density at radius 1 is 1.35 bits per heavy atom. The summed E-state index contributed by atoms with van der Waals surface area (Å²) >= 11 is 5.95. The fraction of sp³-hybridized carbons (Fsp3) is 0.556. The average Bonchev–Trinajstić information content (AvgIpc) is 3.10. The van der Waals surface area contributed by atoms with Gasteiger partial charge in [-0.3, -0.25) is 9.59 Å². The smallest absolute Gasteiger partial charge is 0.325 e. The molecule has 3 unspecified atom stereocenters. The zero-order valence-electron chi connectivity index (χ0n) is 13.2. The number of halogens is 1. The largest absolute Gasteiger partial charge is 0.480 e. The molecule has 2 aliphatic carbocycles. The molecule has 1 aromatic rings. The summed E-state index contributed by atoms with van der Waals surface area (Å²) in [5.74, 6) is -0.153. The first-order chi connectivity index (χ1) is 10.9. The molecule has 1 amide bonds. The molecule has 0 aromatic heterocycles. The molecule has 0 saturated heterocycles. The van der Waals surface area contributed by atoms with Crippen LogP contribution in [-0.2, 0) is 16.0 Å². The van der Waals surface area contributed by atoms with Crippen molar-refractivity contribution in [3.8, 4) is 0 Å². The Morgan fingerprint density at radius 2 is 2.04 bits per heavy atom. The molecule has 2 fully saturated rings. The van der Waals surface area contributed by atoms with Gasteiger partial charge in [-0.2, -0.15) is 0 Å². The Balaban J connectivity index is 1.84. The normalized spacial score (nSPS) is 30.2. The Labute approximate surface area is 141 Å². The summed E-state index contributed by atoms with van der Waals surface area (Å²) in [6.07, 6.45) is 4.85. The molecular weight excluding hydrogens is 314 g/mol. The van der Waals surface area contributed by atoms with Crippen LogP contribution in [0.25, 0.3) is 0 Å². The predicted molar refractivity (Wildman–Crippen MR) is 88.3 cm³/mol. The SMILES string of the molecule is C[C@@H](NC(=O)C1(Cc2ccc(Cl)cc2)CC2CCC1C2)C(=O)O. The Bertz CT molecular complexity index is 615. The minimum Gasteiger partial charge on any atom is -0.480 e. The number of rotatable bonds is 5. The molecular formula is C18H22ClNO3. The number of carboxylic acid groups (broad SMARTS) is 1. The molecule has 5 heteroatoms. The maximum Gasteiger partial charge on any atom is 0.325 e. The second kappa shape index (κ2) is 6.16. The Kier molecular flexibility index (Phi) is 4.37. The minimum absolute atomic E-state index is 0.102. The van der Waals surface area contributed by atoms with E-state index in [0.29, 0.717) is 23.3 Å². The van der Waals surface area contributed by atoms with Gasteiger partial charge in [-0.1, -0.05) is 30.2 Å². The van der Waals surface area contributed by atoms with Gasteiger partial charge in [0.15, 0.2) is 0 Å². The van der Waals surface area contributed by atoms with E-state index in [0.717, 1.165) is 24.8 Å². The van der Waals surface area contributed by atoms with Crippen LogP contribution in [0.3, 0.4) is 0 Å². The van der Waals surface area contributed by atoms with Gasteiger partial charge in [0.25, 0.3) is 0 Å². The molecule has 124 valence electrons. The number of fused-ring (bicyclic) bond motifs is 2. The van der Waals surface area contributed by atoms with Crippen molar-refractivity contribution in [3.63, 3.8) is 0 Å². The van der Waals surface area contributed by atoms with E-state index in [1.165, 1.54) is 13.3 Å². The van der Waals surface area contributed by atoms with Crippen molar-refractivity contribution >= 4 is 23.5 Å². The molecule has 0 radical (unpaired) electrons. The van der Waals surface area contributed by atoms with Crippen LogP contribution in [0.2, 0.25) is 5.02 Å². The lowest BCUT2D eigenvalue weighted by Crippen LogP contribution is -2.50. The van der Waals surface area contributed by atoms with Gasteiger partial charge < -0.3 is 10.4 Å². The Hall–Kier alpha value is -1.55. The monoisotopic (exact) mass is 335 g/mol. The average molecular weight is 336 g/mol. The molecule has 2 bridgehead atoms. The Morgan fingerprint density at radius 3 is 2.57 bits per heavy atom. The molecule has 4 nitrogen and oxygen atoms in total. The van der Waals surface area contributed by atoms with Crippen LogP contribution in [0.5, 0.6) is 0 Å². The summed E-state index contributed by atoms with van der Waals surface area (Å²) in [5, 5.41) is 12.5. The fourth-order valence-electron chi connectivity index (χ4n) is 4.39. The van der Waals surface area contributed by atoms with Crippen LogP contribution in [-0.4, -0.2) is 23.0 Å². The number of carbonyl (C=O) groups excluding carboxylic acids is 1. The predicted octanol–water partition coefficient (Wildman–Crippen LogP) is 3.28.